The summed E-state index contributed by atoms with van der Waals surface area (Å²) in [6.07, 6.45) is 1.24. The standard InChI is InChI=1S/C28H36N2O5/c1-18(2)16-29-27(31)25-15-21-14-22(7-9-24(21)35-25)28(32)10-12-30(13-11-28)17-20-6-8-23(33-4)19(3)26(20)34-5/h6-9,14-15,18,32H,10-13,16-17H2,1-5H3,(H,29,31). The van der Waals surface area contributed by atoms with E-state index in [1.54, 1.807) is 20.3 Å². The molecule has 1 aliphatic rings. The highest BCUT2D eigenvalue weighted by Gasteiger charge is 2.34. The lowest BCUT2D eigenvalue weighted by Gasteiger charge is -2.38. The first-order valence-electron chi connectivity index (χ1n) is 12.2. The van der Waals surface area contributed by atoms with Crippen molar-refractivity contribution in [2.45, 2.75) is 45.8 Å². The average Bonchev–Trinajstić information content (AvgIpc) is 3.28. The molecule has 0 aliphatic carbocycles. The highest BCUT2D eigenvalue weighted by atomic mass is 16.5. The van der Waals surface area contributed by atoms with Gasteiger partial charge in [0.25, 0.3) is 5.91 Å². The number of hydrogen-bond acceptors (Lipinski definition) is 6. The SMILES string of the molecule is COc1ccc(CN2CCC(O)(c3ccc4oc(C(=O)NCC(C)C)cc4c3)CC2)c(OC)c1C. The number of carbonyl (C=O) groups excluding carboxylic acids is 1. The minimum atomic E-state index is -0.915. The highest BCUT2D eigenvalue weighted by Crippen LogP contribution is 2.37. The molecule has 7 heteroatoms. The van der Waals surface area contributed by atoms with E-state index in [0.717, 1.165) is 53.2 Å². The number of aliphatic hydroxyl groups is 1. The lowest BCUT2D eigenvalue weighted by Crippen LogP contribution is -2.42. The molecule has 7 nitrogen and oxygen atoms in total. The van der Waals surface area contributed by atoms with Gasteiger partial charge in [-0.2, -0.15) is 0 Å². The summed E-state index contributed by atoms with van der Waals surface area (Å²) in [5, 5.41) is 15.2. The van der Waals surface area contributed by atoms with Crippen LogP contribution in [0.5, 0.6) is 11.5 Å². The number of nitrogens with one attached hydrogen (secondary N) is 1. The minimum Gasteiger partial charge on any atom is -0.496 e. The average molecular weight is 481 g/mol. The summed E-state index contributed by atoms with van der Waals surface area (Å²) in [4.78, 5) is 14.7. The van der Waals surface area contributed by atoms with Gasteiger partial charge in [-0.1, -0.05) is 26.0 Å². The second-order valence-corrected chi connectivity index (χ2v) is 9.86. The summed E-state index contributed by atoms with van der Waals surface area (Å²) in [5.41, 5.74) is 2.69. The van der Waals surface area contributed by atoms with Crippen molar-refractivity contribution in [2.24, 2.45) is 5.92 Å². The summed E-state index contributed by atoms with van der Waals surface area (Å²) in [6, 6.07) is 11.5. The second kappa shape index (κ2) is 10.3. The summed E-state index contributed by atoms with van der Waals surface area (Å²) in [7, 11) is 3.35. The molecule has 188 valence electrons. The molecule has 1 fully saturated rings. The summed E-state index contributed by atoms with van der Waals surface area (Å²) in [6.45, 7) is 8.96. The number of methoxy groups -OCH3 is 2. The Bertz CT molecular complexity index is 1190. The number of fused-ring (bicyclic) bond motifs is 1. The zero-order valence-electron chi connectivity index (χ0n) is 21.3. The van der Waals surface area contributed by atoms with Gasteiger partial charge in [0.05, 0.1) is 19.8 Å². The third kappa shape index (κ3) is 5.31. The Morgan fingerprint density at radius 1 is 1.14 bits per heavy atom. The Morgan fingerprint density at radius 3 is 2.54 bits per heavy atom. The van der Waals surface area contributed by atoms with E-state index in [2.05, 4.69) is 10.2 Å². The number of amides is 1. The first kappa shape index (κ1) is 25.1. The highest BCUT2D eigenvalue weighted by molar-refractivity contribution is 5.96. The monoisotopic (exact) mass is 480 g/mol. The maximum Gasteiger partial charge on any atom is 0.287 e. The van der Waals surface area contributed by atoms with Crippen molar-refractivity contribution in [2.75, 3.05) is 33.9 Å². The van der Waals surface area contributed by atoms with Crippen LogP contribution in [0.2, 0.25) is 0 Å². The number of likely N-dealkylation sites (tertiary alicyclic amines) is 1. The van der Waals surface area contributed by atoms with Crippen LogP contribution >= 0.6 is 0 Å². The maximum absolute atomic E-state index is 12.4. The zero-order chi connectivity index (χ0) is 25.2. The molecule has 2 N–H and O–H groups in total. The number of ether oxygens (including phenoxy) is 2. The van der Waals surface area contributed by atoms with Gasteiger partial charge in [0.15, 0.2) is 5.76 Å². The van der Waals surface area contributed by atoms with Crippen molar-refractivity contribution < 1.29 is 23.8 Å². The van der Waals surface area contributed by atoms with Crippen molar-refractivity contribution in [1.29, 1.82) is 0 Å². The Labute approximate surface area is 207 Å². The third-order valence-electron chi connectivity index (χ3n) is 6.89. The topological polar surface area (TPSA) is 84.2 Å². The van der Waals surface area contributed by atoms with E-state index in [1.807, 2.05) is 51.1 Å². The van der Waals surface area contributed by atoms with Crippen molar-refractivity contribution in [3.63, 3.8) is 0 Å². The van der Waals surface area contributed by atoms with Gasteiger partial charge in [-0.25, -0.2) is 0 Å². The van der Waals surface area contributed by atoms with E-state index >= 15 is 0 Å². The fraction of sp³-hybridized carbons (Fsp3) is 0.464. The van der Waals surface area contributed by atoms with Crippen LogP contribution in [-0.4, -0.2) is 49.8 Å². The molecule has 0 spiro atoms. The predicted octanol–water partition coefficient (Wildman–Crippen LogP) is 4.63. The van der Waals surface area contributed by atoms with E-state index in [9.17, 15) is 9.90 Å². The molecule has 0 saturated carbocycles. The molecule has 1 aromatic heterocycles. The van der Waals surface area contributed by atoms with Crippen molar-refractivity contribution >= 4 is 16.9 Å². The third-order valence-corrected chi connectivity index (χ3v) is 6.89. The van der Waals surface area contributed by atoms with E-state index in [-0.39, 0.29) is 5.91 Å². The number of rotatable bonds is 8. The Balaban J connectivity index is 1.44. The van der Waals surface area contributed by atoms with Gasteiger partial charge in [0.1, 0.15) is 17.1 Å². The summed E-state index contributed by atoms with van der Waals surface area (Å²) < 4.78 is 16.8. The normalized spacial score (nSPS) is 16.0. The van der Waals surface area contributed by atoms with Crippen molar-refractivity contribution in [3.8, 4) is 11.5 Å². The number of furan rings is 1. The lowest BCUT2D eigenvalue weighted by atomic mass is 9.84. The summed E-state index contributed by atoms with van der Waals surface area (Å²) >= 11 is 0. The maximum atomic E-state index is 12.4. The largest absolute Gasteiger partial charge is 0.496 e. The molecule has 0 unspecified atom stereocenters. The molecule has 1 aliphatic heterocycles. The lowest BCUT2D eigenvalue weighted by molar-refractivity contribution is -0.0277. The van der Waals surface area contributed by atoms with E-state index in [1.165, 1.54) is 0 Å². The van der Waals surface area contributed by atoms with Crippen LogP contribution in [0.3, 0.4) is 0 Å². The summed E-state index contributed by atoms with van der Waals surface area (Å²) in [5.74, 6) is 2.11. The van der Waals surface area contributed by atoms with Crippen LogP contribution in [0, 0.1) is 12.8 Å². The molecule has 1 saturated heterocycles. The molecule has 4 rings (SSSR count). The first-order chi connectivity index (χ1) is 16.7. The van der Waals surface area contributed by atoms with Crippen LogP contribution in [0.25, 0.3) is 11.0 Å². The number of piperidine rings is 1. The zero-order valence-corrected chi connectivity index (χ0v) is 21.3. The van der Waals surface area contributed by atoms with Gasteiger partial charge in [-0.05, 0) is 55.5 Å². The predicted molar refractivity (Wildman–Crippen MR) is 136 cm³/mol. The van der Waals surface area contributed by atoms with Crippen LogP contribution in [0.4, 0.5) is 0 Å². The molecule has 2 heterocycles. The molecule has 35 heavy (non-hydrogen) atoms. The molecule has 0 radical (unpaired) electrons. The van der Waals surface area contributed by atoms with Gasteiger partial charge in [-0.3, -0.25) is 9.69 Å². The molecule has 3 aromatic rings. The fourth-order valence-corrected chi connectivity index (χ4v) is 4.80. The van der Waals surface area contributed by atoms with Crippen molar-refractivity contribution in [3.05, 3.63) is 58.8 Å². The number of hydrogen-bond donors (Lipinski definition) is 2. The fourth-order valence-electron chi connectivity index (χ4n) is 4.80. The molecular formula is C28H36N2O5. The van der Waals surface area contributed by atoms with Crippen molar-refractivity contribution in [1.82, 2.24) is 10.2 Å². The number of carbonyl (C=O) groups is 1. The van der Waals surface area contributed by atoms with Crippen LogP contribution in [0.1, 0.15) is 53.9 Å². The van der Waals surface area contributed by atoms with Gasteiger partial charge in [0, 0.05) is 42.7 Å². The van der Waals surface area contributed by atoms with E-state index < -0.39 is 5.60 Å². The Hall–Kier alpha value is -3.03. The van der Waals surface area contributed by atoms with Gasteiger partial charge in [0.2, 0.25) is 0 Å². The van der Waals surface area contributed by atoms with Crippen LogP contribution in [0.15, 0.2) is 40.8 Å². The van der Waals surface area contributed by atoms with E-state index in [4.69, 9.17) is 13.9 Å². The second-order valence-electron chi connectivity index (χ2n) is 9.86. The Morgan fingerprint density at radius 2 is 1.89 bits per heavy atom. The molecule has 1 amide bonds. The molecule has 0 bridgehead atoms. The molecular weight excluding hydrogens is 444 g/mol. The number of benzene rings is 2. The van der Waals surface area contributed by atoms with E-state index in [0.29, 0.717) is 36.6 Å². The quantitative estimate of drug-likeness (QED) is 0.489. The molecule has 2 aromatic carbocycles. The molecule has 0 atom stereocenters. The van der Waals surface area contributed by atoms with Gasteiger partial charge in [-0.15, -0.1) is 0 Å². The Kier molecular flexibility index (Phi) is 7.38. The number of nitrogens with zero attached hydrogens (tertiary/aromatic N) is 1. The van der Waals surface area contributed by atoms with Crippen LogP contribution in [-0.2, 0) is 12.1 Å². The van der Waals surface area contributed by atoms with Gasteiger partial charge < -0.3 is 24.3 Å². The first-order valence-corrected chi connectivity index (χ1v) is 12.2. The smallest absolute Gasteiger partial charge is 0.287 e. The minimum absolute atomic E-state index is 0.215. The van der Waals surface area contributed by atoms with Gasteiger partial charge >= 0.3 is 0 Å². The van der Waals surface area contributed by atoms with Crippen LogP contribution < -0.4 is 14.8 Å².